The van der Waals surface area contributed by atoms with Crippen molar-refractivity contribution in [2.24, 2.45) is 0 Å². The first-order valence-electron chi connectivity index (χ1n) is 10.4. The first kappa shape index (κ1) is 21.2. The van der Waals surface area contributed by atoms with Crippen LogP contribution in [0.25, 0.3) is 11.2 Å². The molecule has 4 rings (SSSR count). The lowest BCUT2D eigenvalue weighted by atomic mass is 10.1. The van der Waals surface area contributed by atoms with Gasteiger partial charge in [0.1, 0.15) is 11.6 Å². The van der Waals surface area contributed by atoms with Crippen LogP contribution in [0, 0.1) is 0 Å². The molecule has 2 heterocycles. The molecule has 1 fully saturated rings. The molecule has 2 N–H and O–H groups in total. The van der Waals surface area contributed by atoms with Crippen LogP contribution >= 0.6 is 0 Å². The number of rotatable bonds is 7. The molecule has 1 aromatic carbocycles. The Morgan fingerprint density at radius 2 is 1.97 bits per heavy atom. The van der Waals surface area contributed by atoms with Crippen molar-refractivity contribution in [3.05, 3.63) is 46.0 Å². The van der Waals surface area contributed by atoms with E-state index in [-0.39, 0.29) is 23.8 Å². The summed E-state index contributed by atoms with van der Waals surface area (Å²) in [6, 6.07) is 5.87. The number of benzene rings is 1. The molecule has 1 aliphatic rings. The van der Waals surface area contributed by atoms with Crippen LogP contribution in [-0.4, -0.2) is 25.9 Å². The van der Waals surface area contributed by atoms with Crippen molar-refractivity contribution in [1.82, 2.24) is 19.5 Å². The predicted octanol–water partition coefficient (Wildman–Crippen LogP) is 4.70. The van der Waals surface area contributed by atoms with E-state index < -0.39 is 6.36 Å². The molecule has 1 saturated carbocycles. The lowest BCUT2D eigenvalue weighted by molar-refractivity contribution is -0.274. The van der Waals surface area contributed by atoms with E-state index in [9.17, 15) is 18.0 Å². The van der Waals surface area contributed by atoms with Gasteiger partial charge in [-0.25, -0.2) is 4.98 Å². The molecule has 1 aliphatic carbocycles. The SMILES string of the molecule is CCCn1c(NCc2ccccc2OC(F)(F)F)nc2nc(C3CCCC3)[nH]c2c1=O. The van der Waals surface area contributed by atoms with E-state index in [4.69, 9.17) is 0 Å². The second-order valence-corrected chi connectivity index (χ2v) is 7.70. The highest BCUT2D eigenvalue weighted by molar-refractivity contribution is 5.71. The summed E-state index contributed by atoms with van der Waals surface area (Å²) in [5.41, 5.74) is 0.736. The van der Waals surface area contributed by atoms with Crippen molar-refractivity contribution in [2.75, 3.05) is 5.32 Å². The van der Waals surface area contributed by atoms with E-state index in [0.29, 0.717) is 35.6 Å². The zero-order chi connectivity index (χ0) is 22.0. The van der Waals surface area contributed by atoms with Crippen LogP contribution in [0.4, 0.5) is 19.1 Å². The normalized spacial score (nSPS) is 15.0. The number of anilines is 1. The molecule has 0 atom stereocenters. The van der Waals surface area contributed by atoms with Crippen LogP contribution in [-0.2, 0) is 13.1 Å². The molecule has 0 bridgehead atoms. The summed E-state index contributed by atoms with van der Waals surface area (Å²) in [6.45, 7) is 2.36. The van der Waals surface area contributed by atoms with Gasteiger partial charge in [0.15, 0.2) is 11.2 Å². The van der Waals surface area contributed by atoms with Crippen molar-refractivity contribution in [2.45, 2.75) is 64.4 Å². The fraction of sp³-hybridized carbons (Fsp3) is 0.476. The van der Waals surface area contributed by atoms with Crippen LogP contribution in [0.1, 0.15) is 56.3 Å². The molecule has 0 spiro atoms. The number of alkyl halides is 3. The molecule has 7 nitrogen and oxygen atoms in total. The number of halogens is 3. The molecule has 166 valence electrons. The number of para-hydroxylation sites is 1. The van der Waals surface area contributed by atoms with E-state index in [1.54, 1.807) is 6.07 Å². The number of ether oxygens (including phenoxy) is 1. The van der Waals surface area contributed by atoms with Crippen molar-refractivity contribution in [3.63, 3.8) is 0 Å². The van der Waals surface area contributed by atoms with Gasteiger partial charge in [0, 0.05) is 24.6 Å². The highest BCUT2D eigenvalue weighted by Gasteiger charge is 2.32. The zero-order valence-electron chi connectivity index (χ0n) is 17.1. The highest BCUT2D eigenvalue weighted by Crippen LogP contribution is 2.33. The average Bonchev–Trinajstić information content (AvgIpc) is 3.38. The number of H-pyrrole nitrogens is 1. The maximum absolute atomic E-state index is 13.1. The molecule has 0 aliphatic heterocycles. The van der Waals surface area contributed by atoms with E-state index in [1.807, 2.05) is 6.92 Å². The summed E-state index contributed by atoms with van der Waals surface area (Å²) in [6.07, 6.45) is 0.249. The van der Waals surface area contributed by atoms with Gasteiger partial charge in [0.05, 0.1) is 0 Å². The fourth-order valence-corrected chi connectivity index (χ4v) is 4.01. The largest absolute Gasteiger partial charge is 0.573 e. The standard InChI is InChI=1S/C21H24F3N5O2/c1-2-11-29-19(30)16-18(27-17(26-16)13-7-3-4-8-13)28-20(29)25-12-14-9-5-6-10-15(14)31-21(22,23)24/h5-6,9-10,13H,2-4,7-8,11-12H2,1H3,(H,25,28)(H,26,27). The Morgan fingerprint density at radius 3 is 2.68 bits per heavy atom. The van der Waals surface area contributed by atoms with Crippen molar-refractivity contribution in [3.8, 4) is 5.75 Å². The molecule has 0 saturated heterocycles. The molecule has 3 aromatic rings. The summed E-state index contributed by atoms with van der Waals surface area (Å²) in [5.74, 6) is 1.05. The monoisotopic (exact) mass is 435 g/mol. The molecule has 0 radical (unpaired) electrons. The Bertz CT molecular complexity index is 1120. The van der Waals surface area contributed by atoms with Crippen molar-refractivity contribution >= 4 is 17.1 Å². The lowest BCUT2D eigenvalue weighted by Crippen LogP contribution is -2.25. The van der Waals surface area contributed by atoms with Gasteiger partial charge in [-0.2, -0.15) is 4.98 Å². The first-order chi connectivity index (χ1) is 14.9. The van der Waals surface area contributed by atoms with Gasteiger partial charge in [-0.15, -0.1) is 13.2 Å². The predicted molar refractivity (Wildman–Crippen MR) is 110 cm³/mol. The van der Waals surface area contributed by atoms with Gasteiger partial charge >= 0.3 is 6.36 Å². The third-order valence-electron chi connectivity index (χ3n) is 5.45. The number of hydrogen-bond acceptors (Lipinski definition) is 5. The molecule has 10 heteroatoms. The topological polar surface area (TPSA) is 84.8 Å². The molecule has 2 aromatic heterocycles. The minimum absolute atomic E-state index is 0.00776. The Morgan fingerprint density at radius 1 is 1.23 bits per heavy atom. The van der Waals surface area contributed by atoms with Crippen molar-refractivity contribution < 1.29 is 17.9 Å². The minimum atomic E-state index is -4.79. The van der Waals surface area contributed by atoms with Gasteiger partial charge in [0.2, 0.25) is 5.95 Å². The van der Waals surface area contributed by atoms with E-state index >= 15 is 0 Å². The van der Waals surface area contributed by atoms with Crippen LogP contribution in [0.5, 0.6) is 5.75 Å². The highest BCUT2D eigenvalue weighted by atomic mass is 19.4. The van der Waals surface area contributed by atoms with Gasteiger partial charge in [0.25, 0.3) is 5.56 Å². The Kier molecular flexibility index (Phi) is 5.88. The van der Waals surface area contributed by atoms with Gasteiger partial charge in [-0.05, 0) is 25.3 Å². The van der Waals surface area contributed by atoms with Crippen LogP contribution in [0.2, 0.25) is 0 Å². The molecule has 31 heavy (non-hydrogen) atoms. The number of nitrogens with zero attached hydrogens (tertiary/aromatic N) is 3. The molecule has 0 unspecified atom stereocenters. The lowest BCUT2D eigenvalue weighted by Gasteiger charge is -2.15. The smallest absolute Gasteiger partial charge is 0.405 e. The Balaban J connectivity index is 1.65. The third-order valence-corrected chi connectivity index (χ3v) is 5.45. The fourth-order valence-electron chi connectivity index (χ4n) is 4.01. The molecular weight excluding hydrogens is 411 g/mol. The van der Waals surface area contributed by atoms with Gasteiger partial charge in [-0.3, -0.25) is 9.36 Å². The summed E-state index contributed by atoms with van der Waals surface area (Å²) in [7, 11) is 0. The molecule has 0 amide bonds. The third kappa shape index (κ3) is 4.67. The maximum atomic E-state index is 13.1. The summed E-state index contributed by atoms with van der Waals surface area (Å²) in [4.78, 5) is 25.3. The maximum Gasteiger partial charge on any atom is 0.573 e. The van der Waals surface area contributed by atoms with Gasteiger partial charge in [-0.1, -0.05) is 38.0 Å². The zero-order valence-corrected chi connectivity index (χ0v) is 17.1. The number of hydrogen-bond donors (Lipinski definition) is 2. The minimum Gasteiger partial charge on any atom is -0.405 e. The number of aromatic nitrogens is 4. The van der Waals surface area contributed by atoms with Crippen molar-refractivity contribution in [1.29, 1.82) is 0 Å². The van der Waals surface area contributed by atoms with Gasteiger partial charge < -0.3 is 15.0 Å². The Hall–Kier alpha value is -3.04. The Labute approximate surface area is 176 Å². The quantitative estimate of drug-likeness (QED) is 0.562. The van der Waals surface area contributed by atoms with E-state index in [0.717, 1.165) is 31.5 Å². The summed E-state index contributed by atoms with van der Waals surface area (Å²) < 4.78 is 43.7. The number of aromatic amines is 1. The molecular formula is C21H24F3N5O2. The number of nitrogens with one attached hydrogen (secondary N) is 2. The average molecular weight is 435 g/mol. The number of fused-ring (bicyclic) bond motifs is 1. The van der Waals surface area contributed by atoms with Crippen LogP contribution < -0.4 is 15.6 Å². The van der Waals surface area contributed by atoms with E-state index in [1.165, 1.54) is 22.8 Å². The summed E-state index contributed by atoms with van der Waals surface area (Å²) >= 11 is 0. The second-order valence-electron chi connectivity index (χ2n) is 7.70. The van der Waals surface area contributed by atoms with Crippen LogP contribution in [0.15, 0.2) is 29.1 Å². The van der Waals surface area contributed by atoms with E-state index in [2.05, 4.69) is 25.0 Å². The summed E-state index contributed by atoms with van der Waals surface area (Å²) in [5, 5.41) is 3.00. The van der Waals surface area contributed by atoms with Crippen LogP contribution in [0.3, 0.4) is 0 Å². The second kappa shape index (κ2) is 8.60. The first-order valence-corrected chi connectivity index (χ1v) is 10.4. The number of imidazole rings is 1.